The number of nitrogens with two attached hydrogens (primary N) is 1. The number of allylic oxidation sites excluding steroid dienone is 1. The van der Waals surface area contributed by atoms with Crippen LogP contribution in [0.25, 0.3) is 0 Å². The summed E-state index contributed by atoms with van der Waals surface area (Å²) in [6.45, 7) is 0. The molecule has 7 N–H and O–H groups in total. The van der Waals surface area contributed by atoms with Gasteiger partial charge in [0.2, 0.25) is 0 Å². The van der Waals surface area contributed by atoms with Gasteiger partial charge in [0.1, 0.15) is 5.16 Å². The van der Waals surface area contributed by atoms with E-state index in [4.69, 9.17) is 17.3 Å². The number of rotatable bonds is 5. The van der Waals surface area contributed by atoms with E-state index >= 15 is 0 Å². The van der Waals surface area contributed by atoms with E-state index in [1.165, 1.54) is 19.3 Å². The van der Waals surface area contributed by atoms with Crippen LogP contribution in [0.2, 0.25) is 0 Å². The summed E-state index contributed by atoms with van der Waals surface area (Å²) in [5.74, 6) is -0.287. The van der Waals surface area contributed by atoms with Crippen LogP contribution < -0.4 is 22.1 Å². The van der Waals surface area contributed by atoms with Crippen LogP contribution >= 0.6 is 11.6 Å². The molecule has 1 aliphatic carbocycles. The second-order valence-electron chi connectivity index (χ2n) is 4.47. The molecule has 5 nitrogen and oxygen atoms in total. The van der Waals surface area contributed by atoms with E-state index in [0.29, 0.717) is 17.4 Å². The first-order valence-corrected chi connectivity index (χ1v) is 6.60. The quantitative estimate of drug-likeness (QED) is 0.326. The third kappa shape index (κ3) is 4.58. The maximum absolute atomic E-state index is 11.5. The maximum atomic E-state index is 11.5. The van der Waals surface area contributed by atoms with Gasteiger partial charge in [-0.25, -0.2) is 4.79 Å². The first-order chi connectivity index (χ1) is 8.54. The number of carbonyl (C=O) groups excluding carboxylic acids is 1. The highest BCUT2D eigenvalue weighted by Crippen LogP contribution is 2.19. The smallest absolute Gasteiger partial charge is 0.359 e. The first kappa shape index (κ1) is 14.9. The Hall–Kier alpha value is -1.20. The van der Waals surface area contributed by atoms with Gasteiger partial charge in [0, 0.05) is 13.1 Å². The van der Waals surface area contributed by atoms with Gasteiger partial charge in [-0.3, -0.25) is 5.73 Å². The number of amides is 1. The molecule has 1 fully saturated rings. The number of hydrogen-bond donors (Lipinski definition) is 4. The second-order valence-corrected chi connectivity index (χ2v) is 4.91. The fourth-order valence-corrected chi connectivity index (χ4v) is 2.32. The topological polar surface area (TPSA) is 94.8 Å². The Morgan fingerprint density at radius 1 is 1.39 bits per heavy atom. The molecule has 0 aliphatic heterocycles. The predicted octanol–water partition coefficient (Wildman–Crippen LogP) is 0.147. The minimum atomic E-state index is -0.287. The fourth-order valence-electron chi connectivity index (χ4n) is 2.22. The molecule has 1 amide bonds. The van der Waals surface area contributed by atoms with Crippen LogP contribution in [0, 0.1) is 0 Å². The summed E-state index contributed by atoms with van der Waals surface area (Å²) in [5, 5.41) is 6.32. The van der Waals surface area contributed by atoms with Gasteiger partial charge in [-0.2, -0.15) is 0 Å². The van der Waals surface area contributed by atoms with Gasteiger partial charge in [-0.05, 0) is 18.9 Å². The highest BCUT2D eigenvalue weighted by atomic mass is 35.5. The van der Waals surface area contributed by atoms with Gasteiger partial charge in [0.25, 0.3) is 0 Å². The minimum absolute atomic E-state index is 0.141. The third-order valence-electron chi connectivity index (χ3n) is 3.05. The lowest BCUT2D eigenvalue weighted by atomic mass is 9.95. The maximum Gasteiger partial charge on any atom is 0.359 e. The lowest BCUT2D eigenvalue weighted by Gasteiger charge is -2.25. The van der Waals surface area contributed by atoms with E-state index in [2.05, 4.69) is 16.4 Å². The predicted molar refractivity (Wildman–Crippen MR) is 72.1 cm³/mol. The number of hydrogen-bond acceptors (Lipinski definition) is 4. The van der Waals surface area contributed by atoms with Crippen LogP contribution in [0.3, 0.4) is 0 Å². The van der Waals surface area contributed by atoms with E-state index < -0.39 is 0 Å². The van der Waals surface area contributed by atoms with Gasteiger partial charge in [-0.1, -0.05) is 30.9 Å². The van der Waals surface area contributed by atoms with Crippen molar-refractivity contribution < 1.29 is 10.5 Å². The van der Waals surface area contributed by atoms with Crippen molar-refractivity contribution in [3.8, 4) is 0 Å². The molecule has 0 saturated heterocycles. The van der Waals surface area contributed by atoms with E-state index in [0.717, 1.165) is 12.8 Å². The van der Waals surface area contributed by atoms with Crippen molar-refractivity contribution in [2.75, 3.05) is 7.05 Å². The Balaban J connectivity index is 2.90. The molecular weight excluding hydrogens is 252 g/mol. The monoisotopic (exact) mass is 273 g/mol. The summed E-state index contributed by atoms with van der Waals surface area (Å²) < 4.78 is 0. The van der Waals surface area contributed by atoms with Crippen LogP contribution in [0.15, 0.2) is 22.6 Å². The van der Waals surface area contributed by atoms with Crippen molar-refractivity contribution >= 4 is 17.5 Å². The molecule has 102 valence electrons. The Morgan fingerprint density at radius 3 is 2.44 bits per heavy atom. The molecule has 0 bridgehead atoms. The molecule has 6 heteroatoms. The van der Waals surface area contributed by atoms with Gasteiger partial charge in [0.15, 0.2) is 5.70 Å². The number of carbonyl (C=O) groups is 1. The molecule has 18 heavy (non-hydrogen) atoms. The van der Waals surface area contributed by atoms with E-state index in [-0.39, 0.29) is 11.1 Å². The summed E-state index contributed by atoms with van der Waals surface area (Å²) in [5.41, 5.74) is 9.93. The molecule has 1 rings (SSSR count). The Bertz CT molecular complexity index is 355. The van der Waals surface area contributed by atoms with E-state index in [1.54, 1.807) is 13.1 Å². The fraction of sp³-hybridized carbons (Fsp3) is 0.583. The van der Waals surface area contributed by atoms with Crippen molar-refractivity contribution in [2.24, 2.45) is 5.73 Å². The lowest BCUT2D eigenvalue weighted by molar-refractivity contribution is -0.299. The molecule has 0 spiro atoms. The summed E-state index contributed by atoms with van der Waals surface area (Å²) >= 11 is 5.70. The number of halogens is 1. The molecule has 1 aliphatic rings. The molecule has 1 saturated carbocycles. The number of quaternary nitrogens is 1. The van der Waals surface area contributed by atoms with Crippen molar-refractivity contribution in [2.45, 2.75) is 38.1 Å². The van der Waals surface area contributed by atoms with Crippen molar-refractivity contribution in [3.63, 3.8) is 0 Å². The van der Waals surface area contributed by atoms with Gasteiger partial charge < -0.3 is 16.4 Å². The molecule has 0 aromatic carbocycles. The van der Waals surface area contributed by atoms with Crippen LogP contribution in [0.4, 0.5) is 0 Å². The highest BCUT2D eigenvalue weighted by Gasteiger charge is 2.18. The van der Waals surface area contributed by atoms with Gasteiger partial charge in [-0.15, -0.1) is 0 Å². The number of likely N-dealkylation sites (N-methyl/N-ethyl adjacent to an activating group) is 1. The molecular formula is C12H22ClN4O+. The Labute approximate surface area is 113 Å². The minimum Gasteiger partial charge on any atom is -0.389 e. The van der Waals surface area contributed by atoms with E-state index in [9.17, 15) is 4.79 Å². The van der Waals surface area contributed by atoms with E-state index in [1.807, 2.05) is 0 Å². The average Bonchev–Trinajstić information content (AvgIpc) is 2.29. The second kappa shape index (κ2) is 7.28. The zero-order valence-corrected chi connectivity index (χ0v) is 11.5. The zero-order valence-electron chi connectivity index (χ0n) is 10.8. The van der Waals surface area contributed by atoms with Gasteiger partial charge >= 0.3 is 5.91 Å². The van der Waals surface area contributed by atoms with Crippen LogP contribution in [0.1, 0.15) is 32.1 Å². The summed E-state index contributed by atoms with van der Waals surface area (Å²) in [4.78, 5) is 11.5. The highest BCUT2D eigenvalue weighted by molar-refractivity contribution is 6.29. The molecule has 0 unspecified atom stereocenters. The number of nitrogens with one attached hydrogen (secondary N) is 2. The summed E-state index contributed by atoms with van der Waals surface area (Å²) in [7, 11) is 1.68. The molecule has 0 atom stereocenters. The molecule has 0 radical (unpaired) electrons. The first-order valence-electron chi connectivity index (χ1n) is 6.22. The van der Waals surface area contributed by atoms with Gasteiger partial charge in [0.05, 0.1) is 5.70 Å². The standard InChI is InChI=1S/C12H21ClN4O/c1-16-11(12(15)18)9(7-10(13)14)17-8-5-3-2-4-6-8/h7-8,16-17H,2-6,14H2,1H3,(H2,15,18)/p+1. The molecule has 0 aromatic rings. The molecule has 0 aromatic heterocycles. The normalized spacial score (nSPS) is 19.2. The molecule has 0 heterocycles. The summed E-state index contributed by atoms with van der Waals surface area (Å²) in [6, 6.07) is 0.365. The lowest BCUT2D eigenvalue weighted by Crippen LogP contribution is -2.60. The largest absolute Gasteiger partial charge is 0.389 e. The van der Waals surface area contributed by atoms with Crippen LogP contribution in [-0.2, 0) is 4.79 Å². The Morgan fingerprint density at radius 2 is 2.00 bits per heavy atom. The van der Waals surface area contributed by atoms with Crippen molar-refractivity contribution in [1.29, 1.82) is 0 Å². The van der Waals surface area contributed by atoms with Crippen molar-refractivity contribution in [1.82, 2.24) is 10.6 Å². The average molecular weight is 274 g/mol. The van der Waals surface area contributed by atoms with Crippen molar-refractivity contribution in [3.05, 3.63) is 22.6 Å². The van der Waals surface area contributed by atoms with Crippen LogP contribution in [0.5, 0.6) is 0 Å². The summed E-state index contributed by atoms with van der Waals surface area (Å²) in [6.07, 6.45) is 7.45. The SMILES string of the molecule is CNC(C([NH3+])=O)=C(C=C(N)Cl)NC1CCCCC1. The zero-order chi connectivity index (χ0) is 13.5. The van der Waals surface area contributed by atoms with Crippen LogP contribution in [-0.4, -0.2) is 19.0 Å². The Kier molecular flexibility index (Phi) is 6.01. The third-order valence-corrected chi connectivity index (χ3v) is 3.15.